The molecule has 0 radical (unpaired) electrons. The Morgan fingerprint density at radius 3 is 2.15 bits per heavy atom. The molecule has 0 unspecified atom stereocenters. The number of hydrogen-bond donors (Lipinski definition) is 4. The first-order valence-corrected chi connectivity index (χ1v) is 17.2. The summed E-state index contributed by atoms with van der Waals surface area (Å²) >= 11 is 0. The van der Waals surface area contributed by atoms with E-state index in [0.717, 1.165) is 11.1 Å². The molecule has 2 aromatic rings. The SMILES string of the molecule is CCCC(CCC)S(=O)(=O)C[C@@H](NC(=O)CCC(=O)OC)C(=O)N[C@@H](Cc1ccccc1)[C@H](O)CNCc1cccc(OC)c1.Cl. The molecule has 2 amide bonds. The smallest absolute Gasteiger partial charge is 0.306 e. The molecule has 13 heteroatoms. The highest BCUT2D eigenvalue weighted by atomic mass is 35.5. The van der Waals surface area contributed by atoms with E-state index in [-0.39, 0.29) is 38.2 Å². The minimum atomic E-state index is -3.79. The largest absolute Gasteiger partial charge is 0.497 e. The second-order valence-corrected chi connectivity index (χ2v) is 13.4. The molecule has 258 valence electrons. The highest BCUT2D eigenvalue weighted by Crippen LogP contribution is 2.18. The summed E-state index contributed by atoms with van der Waals surface area (Å²) in [4.78, 5) is 38.1. The number of sulfone groups is 1. The predicted molar refractivity (Wildman–Crippen MR) is 181 cm³/mol. The third kappa shape index (κ3) is 14.5. The van der Waals surface area contributed by atoms with E-state index in [4.69, 9.17) is 4.74 Å². The molecule has 0 spiro atoms. The Balaban J connectivity index is 0.0000106. The molecular weight excluding hydrogens is 634 g/mol. The molecule has 46 heavy (non-hydrogen) atoms. The molecule has 0 aliphatic rings. The number of rotatable bonds is 21. The zero-order chi connectivity index (χ0) is 33.2. The van der Waals surface area contributed by atoms with E-state index in [0.29, 0.717) is 38.0 Å². The number of aliphatic hydroxyl groups is 1. The van der Waals surface area contributed by atoms with Crippen molar-refractivity contribution in [2.45, 2.75) is 88.8 Å². The minimum Gasteiger partial charge on any atom is -0.497 e. The fourth-order valence-corrected chi connectivity index (χ4v) is 7.17. The average molecular weight is 684 g/mol. The molecule has 0 aliphatic heterocycles. The minimum absolute atomic E-state index is 0. The third-order valence-electron chi connectivity index (χ3n) is 7.47. The van der Waals surface area contributed by atoms with Gasteiger partial charge in [0.1, 0.15) is 11.8 Å². The van der Waals surface area contributed by atoms with Crippen LogP contribution in [0.25, 0.3) is 0 Å². The van der Waals surface area contributed by atoms with Crippen LogP contribution in [0.1, 0.15) is 63.5 Å². The van der Waals surface area contributed by atoms with E-state index >= 15 is 0 Å². The van der Waals surface area contributed by atoms with Gasteiger partial charge in [-0.3, -0.25) is 14.4 Å². The number of carbonyl (C=O) groups excluding carboxylic acids is 3. The van der Waals surface area contributed by atoms with Gasteiger partial charge < -0.3 is 30.5 Å². The van der Waals surface area contributed by atoms with Crippen molar-refractivity contribution in [1.82, 2.24) is 16.0 Å². The number of benzene rings is 2. The van der Waals surface area contributed by atoms with E-state index < -0.39 is 56.8 Å². The molecule has 0 aromatic heterocycles. The van der Waals surface area contributed by atoms with Crippen molar-refractivity contribution in [3.8, 4) is 5.75 Å². The molecular formula is C33H50ClN3O8S. The van der Waals surface area contributed by atoms with Gasteiger partial charge in [0.2, 0.25) is 11.8 Å². The van der Waals surface area contributed by atoms with Gasteiger partial charge in [-0.1, -0.05) is 69.2 Å². The Morgan fingerprint density at radius 2 is 1.54 bits per heavy atom. The second kappa shape index (κ2) is 21.6. The van der Waals surface area contributed by atoms with Crippen molar-refractivity contribution in [2.24, 2.45) is 0 Å². The number of ether oxygens (including phenoxy) is 2. The zero-order valence-corrected chi connectivity index (χ0v) is 28.8. The van der Waals surface area contributed by atoms with Crippen LogP contribution in [0.15, 0.2) is 54.6 Å². The number of esters is 1. The van der Waals surface area contributed by atoms with Crippen molar-refractivity contribution < 1.29 is 37.4 Å². The number of amides is 2. The van der Waals surface area contributed by atoms with E-state index in [2.05, 4.69) is 20.7 Å². The quantitative estimate of drug-likeness (QED) is 0.145. The normalized spacial score (nSPS) is 13.2. The monoisotopic (exact) mass is 683 g/mol. The molecule has 0 fully saturated rings. The van der Waals surface area contributed by atoms with Gasteiger partial charge in [-0.05, 0) is 42.5 Å². The molecule has 2 aromatic carbocycles. The van der Waals surface area contributed by atoms with Crippen LogP contribution in [0.4, 0.5) is 0 Å². The molecule has 0 heterocycles. The molecule has 0 aliphatic carbocycles. The van der Waals surface area contributed by atoms with Gasteiger partial charge in [0.05, 0.1) is 43.8 Å². The summed E-state index contributed by atoms with van der Waals surface area (Å²) in [6.07, 6.45) is 0.906. The van der Waals surface area contributed by atoms with Gasteiger partial charge in [-0.25, -0.2) is 8.42 Å². The highest BCUT2D eigenvalue weighted by Gasteiger charge is 2.34. The van der Waals surface area contributed by atoms with Crippen LogP contribution in [0, 0.1) is 0 Å². The van der Waals surface area contributed by atoms with Gasteiger partial charge in [0.25, 0.3) is 0 Å². The molecule has 4 N–H and O–H groups in total. The highest BCUT2D eigenvalue weighted by molar-refractivity contribution is 7.92. The average Bonchev–Trinajstić information content (AvgIpc) is 3.03. The standard InChI is InChI=1S/C33H49N3O8S.ClH/c1-5-11-27(12-6-2)45(41,42)23-29(35-31(38)17-18-32(39)44-4)33(40)36-28(20-24-13-8-7-9-14-24)30(37)22-34-21-25-15-10-16-26(19-25)43-3;/h7-10,13-16,19,27-30,34,37H,5-6,11-12,17-18,20-23H2,1-4H3,(H,35,38)(H,36,40);1H/t28-,29+,30+;/m0./s1. The van der Waals surface area contributed by atoms with E-state index in [1.165, 1.54) is 7.11 Å². The zero-order valence-electron chi connectivity index (χ0n) is 27.2. The van der Waals surface area contributed by atoms with Crippen LogP contribution >= 0.6 is 12.4 Å². The first-order valence-electron chi connectivity index (χ1n) is 15.5. The van der Waals surface area contributed by atoms with Crippen LogP contribution in [-0.4, -0.2) is 81.3 Å². The lowest BCUT2D eigenvalue weighted by Crippen LogP contribution is -2.57. The number of hydrogen-bond acceptors (Lipinski definition) is 9. The van der Waals surface area contributed by atoms with Crippen LogP contribution < -0.4 is 20.7 Å². The van der Waals surface area contributed by atoms with Crippen molar-refractivity contribution in [3.63, 3.8) is 0 Å². The van der Waals surface area contributed by atoms with Crippen molar-refractivity contribution in [1.29, 1.82) is 0 Å². The summed E-state index contributed by atoms with van der Waals surface area (Å²) in [7, 11) is -1.00. The second-order valence-electron chi connectivity index (χ2n) is 11.1. The molecule has 3 atom stereocenters. The van der Waals surface area contributed by atoms with Gasteiger partial charge in [0.15, 0.2) is 9.84 Å². The fraction of sp³-hybridized carbons (Fsp3) is 0.545. The number of carbonyl (C=O) groups is 3. The Kier molecular flexibility index (Phi) is 19.2. The lowest BCUT2D eigenvalue weighted by atomic mass is 10.0. The van der Waals surface area contributed by atoms with Crippen LogP contribution in [0.3, 0.4) is 0 Å². The number of aliphatic hydroxyl groups excluding tert-OH is 1. The number of nitrogens with one attached hydrogen (secondary N) is 3. The van der Waals surface area contributed by atoms with Gasteiger partial charge in [-0.2, -0.15) is 0 Å². The predicted octanol–water partition coefficient (Wildman–Crippen LogP) is 3.12. The van der Waals surface area contributed by atoms with E-state index in [1.54, 1.807) is 7.11 Å². The topological polar surface area (TPSA) is 160 Å². The molecule has 0 saturated carbocycles. The van der Waals surface area contributed by atoms with E-state index in [1.807, 2.05) is 68.4 Å². The Labute approximate surface area is 279 Å². The van der Waals surface area contributed by atoms with Crippen molar-refractivity contribution in [3.05, 3.63) is 65.7 Å². The van der Waals surface area contributed by atoms with Crippen molar-refractivity contribution >= 4 is 40.0 Å². The van der Waals surface area contributed by atoms with Gasteiger partial charge in [0, 0.05) is 19.5 Å². The van der Waals surface area contributed by atoms with Crippen LogP contribution in [0.2, 0.25) is 0 Å². The summed E-state index contributed by atoms with van der Waals surface area (Å²) in [6, 6.07) is 14.6. The Hall–Kier alpha value is -3.19. The summed E-state index contributed by atoms with van der Waals surface area (Å²) in [6.45, 7) is 4.36. The maximum atomic E-state index is 13.7. The van der Waals surface area contributed by atoms with Gasteiger partial charge >= 0.3 is 5.97 Å². The Morgan fingerprint density at radius 1 is 0.891 bits per heavy atom. The molecule has 2 rings (SSSR count). The van der Waals surface area contributed by atoms with Crippen LogP contribution in [0.5, 0.6) is 5.75 Å². The fourth-order valence-electron chi connectivity index (χ4n) is 5.01. The first-order chi connectivity index (χ1) is 21.5. The maximum absolute atomic E-state index is 13.7. The van der Waals surface area contributed by atoms with Crippen molar-refractivity contribution in [2.75, 3.05) is 26.5 Å². The summed E-state index contributed by atoms with van der Waals surface area (Å²) in [5.41, 5.74) is 1.80. The molecule has 11 nitrogen and oxygen atoms in total. The summed E-state index contributed by atoms with van der Waals surface area (Å²) in [5.74, 6) is -1.88. The Bertz CT molecular complexity index is 1310. The van der Waals surface area contributed by atoms with E-state index in [9.17, 15) is 27.9 Å². The lowest BCUT2D eigenvalue weighted by Gasteiger charge is -2.28. The number of halogens is 1. The first kappa shape index (κ1) is 40.8. The summed E-state index contributed by atoms with van der Waals surface area (Å²) < 4.78 is 36.8. The molecule has 0 bridgehead atoms. The maximum Gasteiger partial charge on any atom is 0.306 e. The molecule has 0 saturated heterocycles. The van der Waals surface area contributed by atoms with Crippen LogP contribution in [-0.2, 0) is 41.9 Å². The summed E-state index contributed by atoms with van der Waals surface area (Å²) in [5, 5.41) is 19.1. The third-order valence-corrected chi connectivity index (χ3v) is 9.76. The van der Waals surface area contributed by atoms with Gasteiger partial charge in [-0.15, -0.1) is 12.4 Å². The number of methoxy groups -OCH3 is 2. The lowest BCUT2D eigenvalue weighted by molar-refractivity contribution is -0.142.